The van der Waals surface area contributed by atoms with Crippen LogP contribution in [0.3, 0.4) is 0 Å². The topological polar surface area (TPSA) is 0 Å². The maximum atomic E-state index is 12.3. The maximum absolute atomic E-state index is 12.3. The average molecular weight is 247 g/mol. The molecule has 1 atom stereocenters. The molecule has 13 heavy (non-hydrogen) atoms. The monoisotopic (exact) mass is 246 g/mol. The Morgan fingerprint density at radius 3 is 1.54 bits per heavy atom. The van der Waals surface area contributed by atoms with E-state index in [9.17, 15) is 26.3 Å². The van der Waals surface area contributed by atoms with Crippen molar-refractivity contribution in [3.05, 3.63) is 11.6 Å². The van der Waals surface area contributed by atoms with Crippen LogP contribution in [0.15, 0.2) is 11.6 Å². The summed E-state index contributed by atoms with van der Waals surface area (Å²) in [7, 11) is 0. The van der Waals surface area contributed by atoms with Crippen molar-refractivity contribution in [2.45, 2.75) is 17.2 Å². The molecule has 0 bridgehead atoms. The molecule has 0 aliphatic rings. The Morgan fingerprint density at radius 1 is 0.923 bits per heavy atom. The number of rotatable bonds is 2. The predicted molar refractivity (Wildman–Crippen MR) is 35.7 cm³/mol. The van der Waals surface area contributed by atoms with Crippen molar-refractivity contribution in [1.82, 2.24) is 0 Å². The van der Waals surface area contributed by atoms with Gasteiger partial charge in [-0.1, -0.05) is 23.2 Å². The van der Waals surface area contributed by atoms with Crippen LogP contribution in [0.25, 0.3) is 0 Å². The zero-order valence-electron chi connectivity index (χ0n) is 5.68. The van der Waals surface area contributed by atoms with Crippen molar-refractivity contribution in [3.63, 3.8) is 0 Å². The molecule has 0 amide bonds. The molecule has 0 heterocycles. The smallest absolute Gasteiger partial charge is 0.209 e. The first-order valence-corrected chi connectivity index (χ1v) is 3.48. The number of allylic oxidation sites excluding steroid dienone is 1. The van der Waals surface area contributed by atoms with E-state index in [2.05, 4.69) is 23.2 Å². The van der Waals surface area contributed by atoms with Crippen molar-refractivity contribution in [1.29, 1.82) is 0 Å². The second-order valence-corrected chi connectivity index (χ2v) is 2.76. The van der Waals surface area contributed by atoms with Crippen LogP contribution in [0.1, 0.15) is 0 Å². The molecule has 0 saturated heterocycles. The molecule has 1 unspecified atom stereocenters. The van der Waals surface area contributed by atoms with Gasteiger partial charge in [-0.05, 0) is 0 Å². The number of alkyl halides is 7. The van der Waals surface area contributed by atoms with Gasteiger partial charge in [0.05, 0.1) is 0 Å². The summed E-state index contributed by atoms with van der Waals surface area (Å²) in [6.07, 6.45) is -6.36. The fourth-order valence-corrected chi connectivity index (χ4v) is 0.594. The molecule has 0 aromatic rings. The predicted octanol–water partition coefficient (Wildman–Crippen LogP) is 3.84. The highest BCUT2D eigenvalue weighted by Gasteiger charge is 2.69. The van der Waals surface area contributed by atoms with E-state index in [1.807, 2.05) is 0 Å². The third kappa shape index (κ3) is 2.43. The van der Waals surface area contributed by atoms with Crippen LogP contribution >= 0.6 is 23.2 Å². The van der Waals surface area contributed by atoms with Crippen LogP contribution in [0, 0.1) is 0 Å². The van der Waals surface area contributed by atoms with Crippen LogP contribution < -0.4 is 0 Å². The van der Waals surface area contributed by atoms with Crippen LogP contribution in [-0.2, 0) is 0 Å². The molecule has 0 spiro atoms. The van der Waals surface area contributed by atoms with E-state index in [1.54, 1.807) is 0 Å². The molecule has 0 fully saturated rings. The first-order chi connectivity index (χ1) is 5.56. The minimum absolute atomic E-state index is 0.0580. The number of halogens is 8. The molecule has 0 N–H and O–H groups in total. The number of hydrogen-bond donors (Lipinski definition) is 0. The number of hydrogen-bond acceptors (Lipinski definition) is 0. The summed E-state index contributed by atoms with van der Waals surface area (Å²) in [5.41, 5.74) is 0.0580. The largest absolute Gasteiger partial charge is 0.443 e. The van der Waals surface area contributed by atoms with Gasteiger partial charge in [-0.15, -0.1) is 0 Å². The van der Waals surface area contributed by atoms with E-state index >= 15 is 0 Å². The fraction of sp³-hybridized carbons (Fsp3) is 0.600. The fourth-order valence-electron chi connectivity index (χ4n) is 0.373. The van der Waals surface area contributed by atoms with Crippen molar-refractivity contribution in [2.75, 3.05) is 0 Å². The van der Waals surface area contributed by atoms with Gasteiger partial charge in [-0.25, -0.2) is 4.39 Å². The Balaban J connectivity index is 5.03. The van der Waals surface area contributed by atoms with E-state index in [-0.39, 0.29) is 5.54 Å². The average Bonchev–Trinajstić information content (AvgIpc) is 1.84. The third-order valence-electron chi connectivity index (χ3n) is 1.05. The molecule has 0 aliphatic carbocycles. The minimum Gasteiger partial charge on any atom is -0.209 e. The Hall–Kier alpha value is -0.100. The first kappa shape index (κ1) is 12.9. The zero-order valence-corrected chi connectivity index (χ0v) is 7.19. The molecule has 0 aromatic heterocycles. The Morgan fingerprint density at radius 2 is 1.31 bits per heavy atom. The highest BCUT2D eigenvalue weighted by molar-refractivity contribution is 6.26. The van der Waals surface area contributed by atoms with E-state index in [0.29, 0.717) is 0 Å². The van der Waals surface area contributed by atoms with Crippen molar-refractivity contribution in [3.8, 4) is 0 Å². The van der Waals surface area contributed by atoms with Gasteiger partial charge in [0.1, 0.15) is 0 Å². The van der Waals surface area contributed by atoms with Crippen molar-refractivity contribution >= 4 is 23.2 Å². The molecule has 0 saturated carbocycles. The van der Waals surface area contributed by atoms with Crippen LogP contribution in [0.2, 0.25) is 0 Å². The molecule has 0 nitrogen and oxygen atoms in total. The summed E-state index contributed by atoms with van der Waals surface area (Å²) >= 11 is 8.62. The maximum Gasteiger partial charge on any atom is 0.443 e. The van der Waals surface area contributed by atoms with E-state index in [4.69, 9.17) is 0 Å². The van der Waals surface area contributed by atoms with Crippen LogP contribution in [0.4, 0.5) is 26.3 Å². The molecule has 0 radical (unpaired) electrons. The summed E-state index contributed by atoms with van der Waals surface area (Å²) in [4.78, 5) is 0. The van der Waals surface area contributed by atoms with E-state index in [0.717, 1.165) is 0 Å². The normalized spacial score (nSPS) is 19.1. The summed E-state index contributed by atoms with van der Waals surface area (Å²) < 4.78 is 71.7. The molecule has 0 aromatic carbocycles. The Kier molecular flexibility index (Phi) is 3.54. The second kappa shape index (κ2) is 3.57. The van der Waals surface area contributed by atoms with Gasteiger partial charge in [-0.3, -0.25) is 0 Å². The highest BCUT2D eigenvalue weighted by Crippen LogP contribution is 2.48. The van der Waals surface area contributed by atoms with Gasteiger partial charge < -0.3 is 0 Å². The summed E-state index contributed by atoms with van der Waals surface area (Å²) in [5.74, 6) is -4.91. The van der Waals surface area contributed by atoms with Crippen molar-refractivity contribution < 1.29 is 26.3 Å². The molecular formula is C5H2Cl2F6. The lowest BCUT2D eigenvalue weighted by Crippen LogP contribution is -2.49. The van der Waals surface area contributed by atoms with Gasteiger partial charge in [0.15, 0.2) is 0 Å². The molecule has 8 heteroatoms. The first-order valence-electron chi connectivity index (χ1n) is 2.66. The lowest BCUT2D eigenvalue weighted by atomic mass is 10.2. The third-order valence-corrected chi connectivity index (χ3v) is 1.64. The second-order valence-electron chi connectivity index (χ2n) is 1.99. The van der Waals surface area contributed by atoms with Gasteiger partial charge in [0, 0.05) is 11.6 Å². The van der Waals surface area contributed by atoms with Gasteiger partial charge in [0.25, 0.3) is 0 Å². The van der Waals surface area contributed by atoms with Gasteiger partial charge >= 0.3 is 17.2 Å². The zero-order chi connectivity index (χ0) is 10.9. The van der Waals surface area contributed by atoms with Crippen molar-refractivity contribution in [2.24, 2.45) is 0 Å². The Bertz CT molecular complexity index is 206. The Labute approximate surface area is 79.1 Å². The molecule has 78 valence electrons. The standard InChI is InChI=1S/C5H2Cl2F6/c6-2-1-3(8,9)4(7,10)5(11,12)13/h1-2H. The molecular weight excluding hydrogens is 245 g/mol. The van der Waals surface area contributed by atoms with E-state index < -0.39 is 23.3 Å². The lowest BCUT2D eigenvalue weighted by molar-refractivity contribution is -0.252. The van der Waals surface area contributed by atoms with Crippen LogP contribution in [0.5, 0.6) is 0 Å². The highest BCUT2D eigenvalue weighted by atomic mass is 35.5. The summed E-state index contributed by atoms with van der Waals surface area (Å²) in [5, 5.41) is -5.15. The molecule has 0 rings (SSSR count). The summed E-state index contributed by atoms with van der Waals surface area (Å²) in [6.45, 7) is 0. The van der Waals surface area contributed by atoms with Crippen LogP contribution in [-0.4, -0.2) is 17.2 Å². The van der Waals surface area contributed by atoms with Gasteiger partial charge in [0.2, 0.25) is 0 Å². The molecule has 0 aliphatic heterocycles. The van der Waals surface area contributed by atoms with Gasteiger partial charge in [-0.2, -0.15) is 22.0 Å². The quantitative estimate of drug-likeness (QED) is 0.513. The minimum atomic E-state index is -5.88. The van der Waals surface area contributed by atoms with E-state index in [1.165, 1.54) is 0 Å². The SMILES string of the molecule is FC(F)(F)C(F)(Cl)C(F)(F)C=CCl. The lowest BCUT2D eigenvalue weighted by Gasteiger charge is -2.27. The summed E-state index contributed by atoms with van der Waals surface area (Å²) in [6, 6.07) is 0.